The largest absolute Gasteiger partial charge is 0.481 e. The van der Waals surface area contributed by atoms with Gasteiger partial charge in [-0.2, -0.15) is 13.2 Å². The van der Waals surface area contributed by atoms with Crippen LogP contribution >= 0.6 is 0 Å². The number of carbonyl (C=O) groups is 1. The number of hydrogen-bond donors (Lipinski definition) is 2. The van der Waals surface area contributed by atoms with Crippen molar-refractivity contribution in [2.24, 2.45) is 0 Å². The highest BCUT2D eigenvalue weighted by atomic mass is 19.4. The fraction of sp³-hybridized carbons (Fsp3) is 0.200. The second-order valence-electron chi connectivity index (χ2n) is 3.51. The number of nitrogens with zero attached hydrogens (tertiary/aromatic N) is 1. The molecule has 18 heavy (non-hydrogen) atoms. The Kier molecular flexibility index (Phi) is 2.85. The summed E-state index contributed by atoms with van der Waals surface area (Å²) in [7, 11) is 0. The van der Waals surface area contributed by atoms with Gasteiger partial charge in [0, 0.05) is 23.5 Å². The predicted molar refractivity (Wildman–Crippen MR) is 52.6 cm³/mol. The highest BCUT2D eigenvalue weighted by Crippen LogP contribution is 2.36. The minimum Gasteiger partial charge on any atom is -0.481 e. The van der Waals surface area contributed by atoms with Crippen LogP contribution in [0.3, 0.4) is 0 Å². The first-order chi connectivity index (χ1) is 8.39. The van der Waals surface area contributed by atoms with Crippen molar-refractivity contribution in [3.8, 4) is 11.3 Å². The molecule has 0 fully saturated rings. The van der Waals surface area contributed by atoms with Crippen LogP contribution < -0.4 is 0 Å². The highest BCUT2D eigenvalue weighted by Gasteiger charge is 2.40. The lowest BCUT2D eigenvalue weighted by atomic mass is 10.1. The summed E-state index contributed by atoms with van der Waals surface area (Å²) in [4.78, 5) is 13.3. The Balaban J connectivity index is 2.54. The number of aromatic amines is 1. The number of H-pyrrole nitrogens is 1. The summed E-state index contributed by atoms with van der Waals surface area (Å²) in [6.45, 7) is 0. The van der Waals surface area contributed by atoms with E-state index in [1.165, 1.54) is 18.5 Å². The fourth-order valence-corrected chi connectivity index (χ4v) is 1.54. The minimum atomic E-state index is -4.75. The molecule has 0 aliphatic rings. The van der Waals surface area contributed by atoms with Crippen LogP contribution in [-0.4, -0.2) is 21.2 Å². The molecule has 2 rings (SSSR count). The van der Waals surface area contributed by atoms with Gasteiger partial charge in [-0.25, -0.2) is 0 Å². The van der Waals surface area contributed by atoms with E-state index in [1.54, 1.807) is 0 Å². The normalized spacial score (nSPS) is 11.7. The second kappa shape index (κ2) is 4.21. The van der Waals surface area contributed by atoms with Crippen LogP contribution in [0.2, 0.25) is 0 Å². The number of rotatable bonds is 3. The van der Waals surface area contributed by atoms with E-state index in [1.807, 2.05) is 0 Å². The van der Waals surface area contributed by atoms with Crippen molar-refractivity contribution in [3.63, 3.8) is 0 Å². The Hall–Kier alpha value is -2.25. The number of nitrogens with one attached hydrogen (secondary N) is 1. The van der Waals surface area contributed by atoms with Crippen molar-refractivity contribution in [1.29, 1.82) is 0 Å². The van der Waals surface area contributed by atoms with Crippen LogP contribution in [0.15, 0.2) is 23.0 Å². The van der Waals surface area contributed by atoms with Gasteiger partial charge in [0.05, 0.1) is 6.42 Å². The van der Waals surface area contributed by atoms with Crippen LogP contribution in [0.5, 0.6) is 0 Å². The lowest BCUT2D eigenvalue weighted by molar-refractivity contribution is -0.143. The van der Waals surface area contributed by atoms with Crippen LogP contribution in [0.4, 0.5) is 13.2 Å². The molecule has 5 nitrogen and oxygen atoms in total. The molecule has 0 radical (unpaired) electrons. The molecule has 0 saturated carbocycles. The third-order valence-electron chi connectivity index (χ3n) is 2.24. The van der Waals surface area contributed by atoms with E-state index in [4.69, 9.17) is 5.11 Å². The summed E-state index contributed by atoms with van der Waals surface area (Å²) in [5.41, 5.74) is -1.47. The first-order valence-corrected chi connectivity index (χ1v) is 4.80. The lowest BCUT2D eigenvalue weighted by Gasteiger charge is -2.03. The summed E-state index contributed by atoms with van der Waals surface area (Å²) in [5, 5.41) is 11.6. The zero-order chi connectivity index (χ0) is 13.3. The predicted octanol–water partition coefficient (Wildman–Crippen LogP) is 2.32. The van der Waals surface area contributed by atoms with E-state index in [0.29, 0.717) is 5.56 Å². The average molecular weight is 260 g/mol. The Labute approximate surface area is 98.2 Å². The second-order valence-corrected chi connectivity index (χ2v) is 3.51. The maximum atomic E-state index is 12.6. The third-order valence-corrected chi connectivity index (χ3v) is 2.24. The van der Waals surface area contributed by atoms with E-state index in [2.05, 4.69) is 14.7 Å². The summed E-state index contributed by atoms with van der Waals surface area (Å²) < 4.78 is 42.5. The molecule has 0 spiro atoms. The van der Waals surface area contributed by atoms with E-state index in [9.17, 15) is 18.0 Å². The summed E-state index contributed by atoms with van der Waals surface area (Å²) in [6.07, 6.45) is -2.68. The molecule has 2 heterocycles. The van der Waals surface area contributed by atoms with Gasteiger partial charge in [-0.05, 0) is 6.07 Å². The molecule has 2 N–H and O–H groups in total. The van der Waals surface area contributed by atoms with Gasteiger partial charge in [-0.3, -0.25) is 4.79 Å². The molecule has 2 aromatic heterocycles. The van der Waals surface area contributed by atoms with Crippen LogP contribution in [0, 0.1) is 0 Å². The van der Waals surface area contributed by atoms with Crippen molar-refractivity contribution in [2.75, 3.05) is 0 Å². The molecule has 8 heteroatoms. The Bertz CT molecular complexity index is 557. The molecule has 2 aromatic rings. The molecule has 0 bridgehead atoms. The molecular weight excluding hydrogens is 253 g/mol. The first-order valence-electron chi connectivity index (χ1n) is 4.80. The summed E-state index contributed by atoms with van der Waals surface area (Å²) in [5.74, 6) is -1.58. The zero-order valence-corrected chi connectivity index (χ0v) is 8.78. The molecule has 0 saturated heterocycles. The number of carboxylic acids is 1. The van der Waals surface area contributed by atoms with Crippen LogP contribution in [0.25, 0.3) is 11.3 Å². The first kappa shape index (κ1) is 12.2. The van der Waals surface area contributed by atoms with Gasteiger partial charge >= 0.3 is 12.1 Å². The third kappa shape index (κ3) is 2.22. The lowest BCUT2D eigenvalue weighted by Crippen LogP contribution is -2.12. The molecule has 0 aliphatic heterocycles. The SMILES string of the molecule is O=C(O)Cc1c(C(F)(F)F)noc1-c1cc[nH]c1. The Morgan fingerprint density at radius 1 is 1.50 bits per heavy atom. The number of aliphatic carboxylic acids is 1. The van der Waals surface area contributed by atoms with E-state index in [-0.39, 0.29) is 5.76 Å². The van der Waals surface area contributed by atoms with Gasteiger partial charge in [0.2, 0.25) is 0 Å². The fourth-order valence-electron chi connectivity index (χ4n) is 1.54. The molecule has 0 amide bonds. The molecule has 0 unspecified atom stereocenters. The van der Waals surface area contributed by atoms with Gasteiger partial charge in [0.1, 0.15) is 0 Å². The average Bonchev–Trinajstić information content (AvgIpc) is 2.81. The number of carboxylic acid groups (broad SMARTS) is 1. The van der Waals surface area contributed by atoms with E-state index >= 15 is 0 Å². The van der Waals surface area contributed by atoms with Crippen molar-refractivity contribution in [1.82, 2.24) is 10.1 Å². The van der Waals surface area contributed by atoms with Crippen LogP contribution in [0.1, 0.15) is 11.3 Å². The number of alkyl halides is 3. The maximum Gasteiger partial charge on any atom is 0.437 e. The number of hydrogen-bond acceptors (Lipinski definition) is 3. The van der Waals surface area contributed by atoms with Crippen molar-refractivity contribution in [2.45, 2.75) is 12.6 Å². The topological polar surface area (TPSA) is 79.1 Å². The van der Waals surface area contributed by atoms with Gasteiger partial charge in [0.15, 0.2) is 11.5 Å². The molecule has 0 aliphatic carbocycles. The zero-order valence-electron chi connectivity index (χ0n) is 8.78. The van der Waals surface area contributed by atoms with Crippen molar-refractivity contribution >= 4 is 5.97 Å². The van der Waals surface area contributed by atoms with Gasteiger partial charge in [0.25, 0.3) is 0 Å². The van der Waals surface area contributed by atoms with Gasteiger partial charge in [-0.1, -0.05) is 5.16 Å². The minimum absolute atomic E-state index is 0.189. The monoisotopic (exact) mass is 260 g/mol. The molecule has 96 valence electrons. The standard InChI is InChI=1S/C10H7F3N2O3/c11-10(12,13)9-6(3-7(16)17)8(18-15-9)5-1-2-14-4-5/h1-2,4,14H,3H2,(H,16,17). The van der Waals surface area contributed by atoms with E-state index in [0.717, 1.165) is 0 Å². The van der Waals surface area contributed by atoms with Crippen molar-refractivity contribution < 1.29 is 27.6 Å². The number of halogens is 3. The maximum absolute atomic E-state index is 12.6. The molecule has 0 atom stereocenters. The Morgan fingerprint density at radius 3 is 2.72 bits per heavy atom. The van der Waals surface area contributed by atoms with Gasteiger partial charge < -0.3 is 14.6 Å². The highest BCUT2D eigenvalue weighted by molar-refractivity contribution is 5.75. The molecule has 0 aromatic carbocycles. The van der Waals surface area contributed by atoms with Gasteiger partial charge in [-0.15, -0.1) is 0 Å². The summed E-state index contributed by atoms with van der Waals surface area (Å²) >= 11 is 0. The Morgan fingerprint density at radius 2 is 2.22 bits per heavy atom. The van der Waals surface area contributed by atoms with Crippen molar-refractivity contribution in [3.05, 3.63) is 29.7 Å². The quantitative estimate of drug-likeness (QED) is 0.887. The van der Waals surface area contributed by atoms with Crippen LogP contribution in [-0.2, 0) is 17.4 Å². The summed E-state index contributed by atoms with van der Waals surface area (Å²) in [6, 6.07) is 1.46. The number of aromatic nitrogens is 2. The molecular formula is C10H7F3N2O3. The smallest absolute Gasteiger partial charge is 0.437 e. The van der Waals surface area contributed by atoms with E-state index < -0.39 is 29.8 Å².